The lowest BCUT2D eigenvalue weighted by atomic mass is 10.2. The van der Waals surface area contributed by atoms with Gasteiger partial charge in [-0.15, -0.1) is 0 Å². The highest BCUT2D eigenvalue weighted by Gasteiger charge is 2.30. The van der Waals surface area contributed by atoms with Gasteiger partial charge in [0.25, 0.3) is 5.91 Å². The number of aromatic nitrogens is 2. The molecule has 0 aliphatic heterocycles. The molecule has 0 unspecified atom stereocenters. The number of nitro groups is 1. The van der Waals surface area contributed by atoms with Crippen molar-refractivity contribution in [2.24, 2.45) is 7.05 Å². The summed E-state index contributed by atoms with van der Waals surface area (Å²) in [6.07, 6.45) is 0. The van der Waals surface area contributed by atoms with Gasteiger partial charge in [0.2, 0.25) is 5.69 Å². The van der Waals surface area contributed by atoms with Gasteiger partial charge in [-0.25, -0.2) is 0 Å². The molecule has 0 saturated heterocycles. The zero-order valence-corrected chi connectivity index (χ0v) is 10.4. The molecule has 1 aromatic heterocycles. The molecule has 7 nitrogen and oxygen atoms in total. The largest absolute Gasteiger partial charge is 0.338 e. The molecule has 1 heterocycles. The number of hydrogen-bond acceptors (Lipinski definition) is 4. The van der Waals surface area contributed by atoms with Crippen LogP contribution in [0.4, 0.5) is 5.69 Å². The number of carbonyl (C=O) groups is 1. The summed E-state index contributed by atoms with van der Waals surface area (Å²) >= 11 is 0. The Morgan fingerprint density at radius 1 is 1.47 bits per heavy atom. The molecule has 0 spiro atoms. The van der Waals surface area contributed by atoms with Crippen LogP contribution in [0.15, 0.2) is 0 Å². The second-order valence-electron chi connectivity index (χ2n) is 3.64. The van der Waals surface area contributed by atoms with E-state index in [9.17, 15) is 14.9 Å². The van der Waals surface area contributed by atoms with Crippen LogP contribution >= 0.6 is 0 Å². The Labute approximate surface area is 99.2 Å². The van der Waals surface area contributed by atoms with Crippen molar-refractivity contribution in [3.63, 3.8) is 0 Å². The number of carbonyl (C=O) groups excluding carboxylic acids is 1. The summed E-state index contributed by atoms with van der Waals surface area (Å²) in [6, 6.07) is 0. The van der Waals surface area contributed by atoms with E-state index in [0.717, 1.165) is 0 Å². The summed E-state index contributed by atoms with van der Waals surface area (Å²) in [5.74, 6) is -0.398. The van der Waals surface area contributed by atoms with Gasteiger partial charge in [-0.3, -0.25) is 19.6 Å². The molecule has 1 amide bonds. The Bertz CT molecular complexity index is 449. The quantitative estimate of drug-likeness (QED) is 0.583. The monoisotopic (exact) mass is 240 g/mol. The zero-order valence-electron chi connectivity index (χ0n) is 10.4. The molecule has 1 aromatic rings. The molecule has 7 heteroatoms. The molecular weight excluding hydrogens is 224 g/mol. The van der Waals surface area contributed by atoms with Gasteiger partial charge in [-0.1, -0.05) is 0 Å². The van der Waals surface area contributed by atoms with Crippen LogP contribution in [0.2, 0.25) is 0 Å². The third-order valence-corrected chi connectivity index (χ3v) is 2.74. The van der Waals surface area contributed by atoms with E-state index in [0.29, 0.717) is 18.8 Å². The molecule has 0 aromatic carbocycles. The molecule has 0 aliphatic rings. The van der Waals surface area contributed by atoms with Crippen molar-refractivity contribution in [2.75, 3.05) is 13.1 Å². The van der Waals surface area contributed by atoms with E-state index in [1.807, 2.05) is 13.8 Å². The molecule has 0 aliphatic carbocycles. The van der Waals surface area contributed by atoms with Crippen molar-refractivity contribution in [1.82, 2.24) is 14.7 Å². The molecule has 0 bridgehead atoms. The van der Waals surface area contributed by atoms with Crippen LogP contribution < -0.4 is 0 Å². The summed E-state index contributed by atoms with van der Waals surface area (Å²) < 4.78 is 1.36. The van der Waals surface area contributed by atoms with Crippen molar-refractivity contribution < 1.29 is 9.72 Å². The first-order valence-electron chi connectivity index (χ1n) is 5.41. The Hall–Kier alpha value is -1.92. The summed E-state index contributed by atoms with van der Waals surface area (Å²) in [4.78, 5) is 23.9. The van der Waals surface area contributed by atoms with E-state index >= 15 is 0 Å². The Kier molecular flexibility index (Phi) is 3.82. The van der Waals surface area contributed by atoms with Crippen LogP contribution in [0, 0.1) is 17.0 Å². The number of aryl methyl sites for hydroxylation is 1. The highest BCUT2D eigenvalue weighted by atomic mass is 16.6. The molecule has 0 fully saturated rings. The number of nitrogens with zero attached hydrogens (tertiary/aromatic N) is 4. The first-order chi connectivity index (χ1) is 7.93. The SMILES string of the molecule is CCN(CC)C(=O)c1nn(C)c(C)c1[N+](=O)[O-]. The predicted octanol–water partition coefficient (Wildman–Crippen LogP) is 1.12. The molecule has 0 atom stereocenters. The van der Waals surface area contributed by atoms with Crippen LogP contribution in [0.25, 0.3) is 0 Å². The normalized spacial score (nSPS) is 10.4. The Morgan fingerprint density at radius 3 is 2.41 bits per heavy atom. The third-order valence-electron chi connectivity index (χ3n) is 2.74. The van der Waals surface area contributed by atoms with Crippen molar-refractivity contribution in [2.45, 2.75) is 20.8 Å². The van der Waals surface area contributed by atoms with Gasteiger partial charge in [0.1, 0.15) is 5.69 Å². The van der Waals surface area contributed by atoms with Gasteiger partial charge in [0.05, 0.1) is 4.92 Å². The maximum Gasteiger partial charge on any atom is 0.322 e. The fourth-order valence-electron chi connectivity index (χ4n) is 1.62. The first-order valence-corrected chi connectivity index (χ1v) is 5.41. The average molecular weight is 240 g/mol. The molecule has 0 saturated carbocycles. The molecule has 1 rings (SSSR count). The van der Waals surface area contributed by atoms with Gasteiger partial charge in [0, 0.05) is 20.1 Å². The zero-order chi connectivity index (χ0) is 13.2. The van der Waals surface area contributed by atoms with Gasteiger partial charge < -0.3 is 4.90 Å². The van der Waals surface area contributed by atoms with Crippen molar-refractivity contribution in [3.05, 3.63) is 21.5 Å². The van der Waals surface area contributed by atoms with E-state index in [4.69, 9.17) is 0 Å². The summed E-state index contributed by atoms with van der Waals surface area (Å²) in [5, 5.41) is 14.9. The predicted molar refractivity (Wildman–Crippen MR) is 61.9 cm³/mol. The minimum Gasteiger partial charge on any atom is -0.338 e. The fraction of sp³-hybridized carbons (Fsp3) is 0.600. The van der Waals surface area contributed by atoms with Crippen LogP contribution in [-0.4, -0.2) is 38.6 Å². The molecule has 94 valence electrons. The fourth-order valence-corrected chi connectivity index (χ4v) is 1.62. The minimum absolute atomic E-state index is 0.0845. The molecule has 0 radical (unpaired) electrons. The highest BCUT2D eigenvalue weighted by Crippen LogP contribution is 2.23. The lowest BCUT2D eigenvalue weighted by molar-refractivity contribution is -0.385. The van der Waals surface area contributed by atoms with Crippen LogP contribution in [0.1, 0.15) is 30.0 Å². The van der Waals surface area contributed by atoms with E-state index < -0.39 is 10.8 Å². The van der Waals surface area contributed by atoms with Crippen LogP contribution in [0.3, 0.4) is 0 Å². The first kappa shape index (κ1) is 13.1. The lowest BCUT2D eigenvalue weighted by Crippen LogP contribution is -2.31. The van der Waals surface area contributed by atoms with Crippen molar-refractivity contribution >= 4 is 11.6 Å². The van der Waals surface area contributed by atoms with Gasteiger partial charge >= 0.3 is 5.69 Å². The van der Waals surface area contributed by atoms with Gasteiger partial charge in [-0.2, -0.15) is 5.10 Å². The maximum absolute atomic E-state index is 12.0. The topological polar surface area (TPSA) is 81.3 Å². The van der Waals surface area contributed by atoms with Crippen molar-refractivity contribution in [1.29, 1.82) is 0 Å². The third kappa shape index (κ3) is 2.27. The van der Waals surface area contributed by atoms with E-state index in [1.54, 1.807) is 14.0 Å². The van der Waals surface area contributed by atoms with Crippen LogP contribution in [0.5, 0.6) is 0 Å². The number of amides is 1. The van der Waals surface area contributed by atoms with Crippen molar-refractivity contribution in [3.8, 4) is 0 Å². The lowest BCUT2D eigenvalue weighted by Gasteiger charge is -2.16. The van der Waals surface area contributed by atoms with Gasteiger partial charge in [0.15, 0.2) is 0 Å². The smallest absolute Gasteiger partial charge is 0.322 e. The Morgan fingerprint density at radius 2 is 2.00 bits per heavy atom. The summed E-state index contributed by atoms with van der Waals surface area (Å²) in [5.41, 5.74) is 0.0913. The Balaban J connectivity index is 3.27. The van der Waals surface area contributed by atoms with E-state index in [-0.39, 0.29) is 11.4 Å². The molecule has 0 N–H and O–H groups in total. The molecule has 17 heavy (non-hydrogen) atoms. The van der Waals surface area contributed by atoms with E-state index in [1.165, 1.54) is 9.58 Å². The maximum atomic E-state index is 12.0. The summed E-state index contributed by atoms with van der Waals surface area (Å²) in [7, 11) is 1.58. The standard InChI is InChI=1S/C10H16N4O3/c1-5-13(6-2)10(15)8-9(14(16)17)7(3)12(4)11-8/h5-6H2,1-4H3. The second kappa shape index (κ2) is 4.94. The highest BCUT2D eigenvalue weighted by molar-refractivity contribution is 5.96. The number of rotatable bonds is 4. The van der Waals surface area contributed by atoms with E-state index in [2.05, 4.69) is 5.10 Å². The second-order valence-corrected chi connectivity index (χ2v) is 3.64. The molecular formula is C10H16N4O3. The number of hydrogen-bond donors (Lipinski definition) is 0. The summed E-state index contributed by atoms with van der Waals surface area (Å²) in [6.45, 7) is 6.22. The van der Waals surface area contributed by atoms with Gasteiger partial charge in [-0.05, 0) is 20.8 Å². The minimum atomic E-state index is -0.556. The van der Waals surface area contributed by atoms with Crippen LogP contribution in [-0.2, 0) is 7.05 Å². The average Bonchev–Trinajstić information content (AvgIpc) is 2.57.